The van der Waals surface area contributed by atoms with Gasteiger partial charge in [0, 0.05) is 87.6 Å². The number of hydrogen-bond donors (Lipinski definition) is 2. The average Bonchev–Trinajstić information content (AvgIpc) is 4.05. The van der Waals surface area contributed by atoms with E-state index in [4.69, 9.17) is 0 Å². The van der Waals surface area contributed by atoms with Crippen LogP contribution in [-0.2, 0) is 14.4 Å². The molecule has 8 heteroatoms. The molecule has 0 saturated heterocycles. The summed E-state index contributed by atoms with van der Waals surface area (Å²) in [6, 6.07) is 38.5. The van der Waals surface area contributed by atoms with Gasteiger partial charge in [-0.15, -0.1) is 0 Å². The second-order valence-electron chi connectivity index (χ2n) is 17.8. The maximum atomic E-state index is 14.7. The molecule has 2 fully saturated rings. The zero-order valence-electron chi connectivity index (χ0n) is 37.0. The molecule has 2 saturated carbocycles. The normalized spacial score (nSPS) is 17.7. The minimum absolute atomic E-state index is 0.0126. The Kier molecular flexibility index (Phi) is 11.9. The largest absolute Gasteiger partial charge is 0.871 e. The van der Waals surface area contributed by atoms with Crippen molar-refractivity contribution < 1.29 is 19.5 Å². The van der Waals surface area contributed by atoms with E-state index in [9.17, 15) is 19.5 Å². The molecule has 0 bridgehead atoms. The van der Waals surface area contributed by atoms with Crippen LogP contribution in [0.5, 0.6) is 0 Å². The summed E-state index contributed by atoms with van der Waals surface area (Å²) >= 11 is 0. The molecule has 0 radical (unpaired) electrons. The van der Waals surface area contributed by atoms with Gasteiger partial charge in [-0.2, -0.15) is 4.58 Å². The van der Waals surface area contributed by atoms with Crippen LogP contribution < -0.4 is 25.2 Å². The van der Waals surface area contributed by atoms with Crippen LogP contribution in [0.15, 0.2) is 156 Å². The van der Waals surface area contributed by atoms with Crippen LogP contribution in [0.1, 0.15) is 79.2 Å². The highest BCUT2D eigenvalue weighted by Gasteiger charge is 2.36. The van der Waals surface area contributed by atoms with Crippen molar-refractivity contribution in [3.05, 3.63) is 184 Å². The molecule has 5 aromatic carbocycles. The highest BCUT2D eigenvalue weighted by molar-refractivity contribution is 6.40. The molecule has 5 aromatic rings. The number of aryl methyl sites for hydroxylation is 4. The molecule has 0 atom stereocenters. The first-order chi connectivity index (χ1) is 31.0. The topological polar surface area (TPSA) is 105 Å². The second kappa shape index (κ2) is 18.0. The van der Waals surface area contributed by atoms with E-state index in [1.54, 1.807) is 12.1 Å². The van der Waals surface area contributed by atoms with Gasteiger partial charge in [-0.05, 0) is 95.9 Å². The summed E-state index contributed by atoms with van der Waals surface area (Å²) in [7, 11) is 0. The van der Waals surface area contributed by atoms with Crippen LogP contribution in [0.2, 0.25) is 0 Å². The maximum absolute atomic E-state index is 14.7. The van der Waals surface area contributed by atoms with Gasteiger partial charge in [0.15, 0.2) is 5.78 Å². The van der Waals surface area contributed by atoms with Crippen molar-refractivity contribution >= 4 is 63.0 Å². The van der Waals surface area contributed by atoms with Crippen molar-refractivity contribution in [1.29, 1.82) is 0 Å². The molecule has 8 nitrogen and oxygen atoms in total. The summed E-state index contributed by atoms with van der Waals surface area (Å²) < 4.78 is 2.11. The third-order valence-electron chi connectivity index (χ3n) is 13.1. The number of ketones is 1. The number of amides is 2. The number of hydrogen-bond acceptors (Lipinski definition) is 5. The quantitative estimate of drug-likeness (QED) is 0.108. The zero-order chi connectivity index (χ0) is 44.5. The number of nitrogens with one attached hydrogen (secondary N) is 2. The molecule has 322 valence electrons. The van der Waals surface area contributed by atoms with E-state index >= 15 is 0 Å². The van der Waals surface area contributed by atoms with Gasteiger partial charge >= 0.3 is 0 Å². The van der Waals surface area contributed by atoms with Crippen LogP contribution in [-0.4, -0.2) is 23.3 Å². The van der Waals surface area contributed by atoms with Crippen molar-refractivity contribution in [2.45, 2.75) is 79.1 Å². The molecule has 0 aliphatic heterocycles. The predicted molar refractivity (Wildman–Crippen MR) is 256 cm³/mol. The van der Waals surface area contributed by atoms with Gasteiger partial charge in [-0.3, -0.25) is 14.4 Å². The Morgan fingerprint density at radius 2 is 1.03 bits per heavy atom. The molecular weight excluding hydrogens is 793 g/mol. The first-order valence-corrected chi connectivity index (χ1v) is 22.6. The fraction of sp³-hybridized carbons (Fsp3) is 0.250. The molecule has 64 heavy (non-hydrogen) atoms. The Morgan fingerprint density at radius 3 is 1.52 bits per heavy atom. The number of carbonyl (C=O) groups is 3. The maximum Gasteiger partial charge on any atom is 0.227 e. The van der Waals surface area contributed by atoms with E-state index < -0.39 is 11.5 Å². The molecule has 2 N–H and O–H groups in total. The SMILES string of the molecule is Cc1ccc(N(c2ccc(C)cc2)c2ccc(C3=C([O-])/C(=C4/C=CC(=[N+](c5ccc(C)cc5)c5ccc(C)cc5)C=C4NC(=O)C4CCCC4)C3=O)c(NC(=O)C3CCCC3)c2)cc1. The molecule has 0 aromatic heterocycles. The molecule has 0 heterocycles. The number of benzene rings is 5. The van der Waals surface area contributed by atoms with Crippen LogP contribution in [0.3, 0.4) is 0 Å². The van der Waals surface area contributed by atoms with E-state index in [-0.39, 0.29) is 34.8 Å². The molecule has 4 aliphatic rings. The Morgan fingerprint density at radius 1 is 0.578 bits per heavy atom. The first-order valence-electron chi connectivity index (χ1n) is 22.6. The van der Waals surface area contributed by atoms with Crippen molar-refractivity contribution in [1.82, 2.24) is 9.89 Å². The lowest BCUT2D eigenvalue weighted by molar-refractivity contribution is -0.297. The lowest BCUT2D eigenvalue weighted by Crippen LogP contribution is -2.35. The van der Waals surface area contributed by atoms with Gasteiger partial charge in [-0.1, -0.05) is 108 Å². The van der Waals surface area contributed by atoms with Crippen LogP contribution in [0.25, 0.3) is 5.57 Å². The Hall–Kier alpha value is -7.06. The number of nitrogens with zero attached hydrogens (tertiary/aromatic N) is 2. The number of anilines is 4. The van der Waals surface area contributed by atoms with Gasteiger partial charge in [0.2, 0.25) is 28.9 Å². The smallest absolute Gasteiger partial charge is 0.227 e. The van der Waals surface area contributed by atoms with E-state index in [0.29, 0.717) is 22.5 Å². The standard InChI is InChI=1S/C56H54N4O4/c1-35-13-21-41(22-14-35)59(42-23-15-36(2)16-24-42)45-29-31-47(49(33-45)57-55(63)39-9-5-6-10-39)51-53(61)52(54(51)62)48-32-30-46(34-50(48)58-56(64)40-11-7-8-12-40)60(43-25-17-37(3)18-26-43)44-27-19-38(4)20-28-44/h13-34,39-40H,5-12H2,1-4H3,(H2,57,58,61,62,63,64). The highest BCUT2D eigenvalue weighted by Crippen LogP contribution is 2.45. The summed E-state index contributed by atoms with van der Waals surface area (Å²) in [4.78, 5) is 44.5. The lowest BCUT2D eigenvalue weighted by Gasteiger charge is -2.35. The van der Waals surface area contributed by atoms with E-state index in [0.717, 1.165) is 108 Å². The molecule has 9 rings (SSSR count). The number of Topliss-reactive ketones (excluding diaryl/α,β-unsaturated/α-hetero) is 1. The monoisotopic (exact) mass is 846 g/mol. The van der Waals surface area contributed by atoms with Gasteiger partial charge in [0.05, 0.1) is 11.4 Å². The van der Waals surface area contributed by atoms with Crippen molar-refractivity contribution in [3.8, 4) is 0 Å². The summed E-state index contributed by atoms with van der Waals surface area (Å²) in [5.74, 6) is -1.38. The summed E-state index contributed by atoms with van der Waals surface area (Å²) in [6.07, 6.45) is 12.7. The fourth-order valence-electron chi connectivity index (χ4n) is 9.38. The van der Waals surface area contributed by atoms with Crippen molar-refractivity contribution in [2.24, 2.45) is 11.8 Å². The van der Waals surface area contributed by atoms with Crippen LogP contribution >= 0.6 is 0 Å². The van der Waals surface area contributed by atoms with Gasteiger partial charge in [-0.25, -0.2) is 0 Å². The van der Waals surface area contributed by atoms with Gasteiger partial charge in [0.25, 0.3) is 0 Å². The van der Waals surface area contributed by atoms with Crippen LogP contribution in [0.4, 0.5) is 34.1 Å². The van der Waals surface area contributed by atoms with Crippen molar-refractivity contribution in [2.75, 3.05) is 10.2 Å². The minimum atomic E-state index is -0.430. The summed E-state index contributed by atoms with van der Waals surface area (Å²) in [5.41, 5.74) is 11.3. The van der Waals surface area contributed by atoms with Gasteiger partial charge < -0.3 is 20.6 Å². The van der Waals surface area contributed by atoms with E-state index in [1.165, 1.54) is 0 Å². The fourth-order valence-corrected chi connectivity index (χ4v) is 9.38. The van der Waals surface area contributed by atoms with E-state index in [1.807, 2.05) is 52.0 Å². The number of carbonyl (C=O) groups excluding carboxylic acids is 3. The third-order valence-corrected chi connectivity index (χ3v) is 13.1. The molecule has 4 aliphatic carbocycles. The third kappa shape index (κ3) is 8.52. The lowest BCUT2D eigenvalue weighted by atomic mass is 9.78. The average molecular weight is 847 g/mol. The minimum Gasteiger partial charge on any atom is -0.871 e. The molecule has 0 spiro atoms. The van der Waals surface area contributed by atoms with Crippen LogP contribution in [0, 0.1) is 39.5 Å². The summed E-state index contributed by atoms with van der Waals surface area (Å²) in [5, 5.41) is 21.0. The highest BCUT2D eigenvalue weighted by atomic mass is 16.3. The Balaban J connectivity index is 1.17. The predicted octanol–water partition coefficient (Wildman–Crippen LogP) is 11.2. The number of rotatable bonds is 10. The molecular formula is C56H54N4O4. The summed E-state index contributed by atoms with van der Waals surface area (Å²) in [6.45, 7) is 8.19. The Bertz CT molecular complexity index is 2700. The van der Waals surface area contributed by atoms with E-state index in [2.05, 4.69) is 117 Å². The molecule has 2 amide bonds. The zero-order valence-corrected chi connectivity index (χ0v) is 37.0. The Labute approximate surface area is 376 Å². The first kappa shape index (κ1) is 42.3. The second-order valence-corrected chi connectivity index (χ2v) is 17.8. The molecule has 0 unspecified atom stereocenters. The number of allylic oxidation sites excluding steroid dienone is 5. The van der Waals surface area contributed by atoms with Gasteiger partial charge in [0.1, 0.15) is 0 Å². The van der Waals surface area contributed by atoms with Crippen molar-refractivity contribution in [3.63, 3.8) is 0 Å².